The predicted molar refractivity (Wildman–Crippen MR) is 62.9 cm³/mol. The summed E-state index contributed by atoms with van der Waals surface area (Å²) in [6.45, 7) is 8.24. The van der Waals surface area contributed by atoms with E-state index in [1.165, 1.54) is 11.1 Å². The van der Waals surface area contributed by atoms with E-state index in [0.717, 1.165) is 17.6 Å². The first kappa shape index (κ1) is 14.4. The lowest BCUT2D eigenvalue weighted by Gasteiger charge is -2.28. The highest BCUT2D eigenvalue weighted by atomic mass is 79.9. The zero-order chi connectivity index (χ0) is 10.6. The molecule has 0 saturated carbocycles. The average Bonchev–Trinajstić information content (AvgIpc) is 2.17. The third kappa shape index (κ3) is 4.63. The molecule has 0 aliphatic carbocycles. The minimum atomic E-state index is 0. The van der Waals surface area contributed by atoms with Crippen LogP contribution in [0.2, 0.25) is 0 Å². The summed E-state index contributed by atoms with van der Waals surface area (Å²) in [4.78, 5) is 0. The SMILES string of the molecule is C=Cc1cccc(C[N+](C)(C)CC)c1.[Br-]. The summed E-state index contributed by atoms with van der Waals surface area (Å²) in [6, 6.07) is 8.58. The molecule has 0 radical (unpaired) electrons. The van der Waals surface area contributed by atoms with E-state index in [2.05, 4.69) is 51.9 Å². The lowest BCUT2D eigenvalue weighted by molar-refractivity contribution is -0.901. The number of quaternary nitrogens is 1. The maximum Gasteiger partial charge on any atom is 0.104 e. The quantitative estimate of drug-likeness (QED) is 0.672. The zero-order valence-corrected chi connectivity index (χ0v) is 11.4. The lowest BCUT2D eigenvalue weighted by Crippen LogP contribution is -3.00. The van der Waals surface area contributed by atoms with E-state index in [0.29, 0.717) is 0 Å². The molecule has 1 nitrogen and oxygen atoms in total. The Balaban J connectivity index is 0.00000196. The topological polar surface area (TPSA) is 0 Å². The molecule has 1 aromatic rings. The molecule has 84 valence electrons. The van der Waals surface area contributed by atoms with Crippen LogP contribution in [0.25, 0.3) is 6.08 Å². The molecule has 0 amide bonds. The molecule has 2 heteroatoms. The van der Waals surface area contributed by atoms with Crippen LogP contribution in [-0.4, -0.2) is 25.1 Å². The van der Waals surface area contributed by atoms with E-state index in [9.17, 15) is 0 Å². The number of hydrogen-bond acceptors (Lipinski definition) is 0. The summed E-state index contributed by atoms with van der Waals surface area (Å²) >= 11 is 0. The molecule has 15 heavy (non-hydrogen) atoms. The van der Waals surface area contributed by atoms with Crippen molar-refractivity contribution >= 4 is 6.08 Å². The fraction of sp³-hybridized carbons (Fsp3) is 0.385. The summed E-state index contributed by atoms with van der Waals surface area (Å²) in [5, 5.41) is 0. The molecule has 0 saturated heterocycles. The fourth-order valence-corrected chi connectivity index (χ4v) is 1.42. The molecule has 1 rings (SSSR count). The highest BCUT2D eigenvalue weighted by molar-refractivity contribution is 5.47. The lowest BCUT2D eigenvalue weighted by atomic mass is 10.1. The van der Waals surface area contributed by atoms with Crippen LogP contribution >= 0.6 is 0 Å². The average molecular weight is 270 g/mol. The van der Waals surface area contributed by atoms with E-state index in [1.54, 1.807) is 0 Å². The molecule has 1 aromatic carbocycles. The summed E-state index contributed by atoms with van der Waals surface area (Å²) in [6.07, 6.45) is 1.90. The van der Waals surface area contributed by atoms with E-state index >= 15 is 0 Å². The van der Waals surface area contributed by atoms with Crippen LogP contribution < -0.4 is 17.0 Å². The molecule has 0 fully saturated rings. The van der Waals surface area contributed by atoms with Crippen LogP contribution in [0.5, 0.6) is 0 Å². The number of rotatable bonds is 4. The van der Waals surface area contributed by atoms with Crippen molar-refractivity contribution in [3.8, 4) is 0 Å². The highest BCUT2D eigenvalue weighted by Crippen LogP contribution is 2.11. The van der Waals surface area contributed by atoms with Gasteiger partial charge in [-0.15, -0.1) is 0 Å². The molecular formula is C13H20BrN. The van der Waals surface area contributed by atoms with Crippen molar-refractivity contribution in [2.75, 3.05) is 20.6 Å². The molecule has 0 bridgehead atoms. The van der Waals surface area contributed by atoms with Crippen LogP contribution in [0.4, 0.5) is 0 Å². The van der Waals surface area contributed by atoms with Crippen molar-refractivity contribution in [2.45, 2.75) is 13.5 Å². The first-order valence-electron chi connectivity index (χ1n) is 5.11. The number of halogens is 1. The largest absolute Gasteiger partial charge is 1.00 e. The molecule has 0 aliphatic heterocycles. The van der Waals surface area contributed by atoms with Gasteiger partial charge in [-0.2, -0.15) is 0 Å². The molecule has 0 atom stereocenters. The van der Waals surface area contributed by atoms with Crippen LogP contribution in [0.15, 0.2) is 30.8 Å². The van der Waals surface area contributed by atoms with Crippen LogP contribution in [0.3, 0.4) is 0 Å². The normalized spacial score (nSPS) is 10.6. The van der Waals surface area contributed by atoms with E-state index < -0.39 is 0 Å². The Morgan fingerprint density at radius 1 is 1.33 bits per heavy atom. The van der Waals surface area contributed by atoms with Gasteiger partial charge in [0.1, 0.15) is 6.54 Å². The first-order valence-corrected chi connectivity index (χ1v) is 5.11. The molecular weight excluding hydrogens is 250 g/mol. The number of nitrogens with zero attached hydrogens (tertiary/aromatic N) is 1. The Bertz CT molecular complexity index is 318. The third-order valence-corrected chi connectivity index (χ3v) is 2.65. The summed E-state index contributed by atoms with van der Waals surface area (Å²) in [5.74, 6) is 0. The second-order valence-corrected chi connectivity index (χ2v) is 4.36. The maximum atomic E-state index is 3.78. The van der Waals surface area contributed by atoms with Crippen molar-refractivity contribution in [2.24, 2.45) is 0 Å². The summed E-state index contributed by atoms with van der Waals surface area (Å²) in [5.41, 5.74) is 2.59. The van der Waals surface area contributed by atoms with E-state index in [-0.39, 0.29) is 17.0 Å². The van der Waals surface area contributed by atoms with Gasteiger partial charge in [-0.3, -0.25) is 0 Å². The smallest absolute Gasteiger partial charge is 0.104 e. The summed E-state index contributed by atoms with van der Waals surface area (Å²) < 4.78 is 1.03. The standard InChI is InChI=1S/C13H20N.BrH/c1-5-12-8-7-9-13(10-12)11-14(3,4)6-2;/h5,7-10H,1,6,11H2,2-4H3;1H/q+1;/p-1. The maximum absolute atomic E-state index is 3.78. The van der Waals surface area contributed by atoms with Crippen LogP contribution in [0.1, 0.15) is 18.1 Å². The molecule has 0 aromatic heterocycles. The van der Waals surface area contributed by atoms with E-state index in [4.69, 9.17) is 0 Å². The third-order valence-electron chi connectivity index (χ3n) is 2.65. The zero-order valence-electron chi connectivity index (χ0n) is 9.83. The van der Waals surface area contributed by atoms with Gasteiger partial charge in [-0.1, -0.05) is 30.9 Å². The molecule has 0 heterocycles. The fourth-order valence-electron chi connectivity index (χ4n) is 1.42. The van der Waals surface area contributed by atoms with Crippen molar-refractivity contribution in [3.63, 3.8) is 0 Å². The second kappa shape index (κ2) is 6.09. The van der Waals surface area contributed by atoms with Crippen molar-refractivity contribution in [3.05, 3.63) is 42.0 Å². The van der Waals surface area contributed by atoms with Crippen molar-refractivity contribution in [1.29, 1.82) is 0 Å². The number of hydrogen-bond donors (Lipinski definition) is 0. The Morgan fingerprint density at radius 2 is 2.00 bits per heavy atom. The van der Waals surface area contributed by atoms with Gasteiger partial charge in [0.15, 0.2) is 0 Å². The van der Waals surface area contributed by atoms with Gasteiger partial charge < -0.3 is 21.5 Å². The Hall–Kier alpha value is -0.600. The van der Waals surface area contributed by atoms with Gasteiger partial charge in [-0.05, 0) is 18.6 Å². The van der Waals surface area contributed by atoms with Gasteiger partial charge in [0.2, 0.25) is 0 Å². The number of benzene rings is 1. The van der Waals surface area contributed by atoms with Gasteiger partial charge in [-0.25, -0.2) is 0 Å². The van der Waals surface area contributed by atoms with Gasteiger partial charge >= 0.3 is 0 Å². The predicted octanol–water partition coefficient (Wildman–Crippen LogP) is -0.0701. The van der Waals surface area contributed by atoms with Crippen molar-refractivity contribution < 1.29 is 21.5 Å². The summed E-state index contributed by atoms with van der Waals surface area (Å²) in [7, 11) is 4.50. The van der Waals surface area contributed by atoms with Gasteiger partial charge in [0, 0.05) is 5.56 Å². The van der Waals surface area contributed by atoms with Crippen LogP contribution in [-0.2, 0) is 6.54 Å². The molecule has 0 unspecified atom stereocenters. The minimum Gasteiger partial charge on any atom is -1.00 e. The first-order chi connectivity index (χ1) is 6.57. The molecule has 0 spiro atoms. The minimum absolute atomic E-state index is 0. The second-order valence-electron chi connectivity index (χ2n) is 4.36. The Kier molecular flexibility index (Phi) is 5.84. The van der Waals surface area contributed by atoms with E-state index in [1.807, 2.05) is 6.08 Å². The van der Waals surface area contributed by atoms with Gasteiger partial charge in [0.25, 0.3) is 0 Å². The molecule has 0 N–H and O–H groups in total. The molecule has 0 aliphatic rings. The van der Waals surface area contributed by atoms with Gasteiger partial charge in [0.05, 0.1) is 20.6 Å². The van der Waals surface area contributed by atoms with Crippen LogP contribution in [0, 0.1) is 0 Å². The Morgan fingerprint density at radius 3 is 2.53 bits per heavy atom. The van der Waals surface area contributed by atoms with Crippen molar-refractivity contribution in [1.82, 2.24) is 0 Å². The monoisotopic (exact) mass is 269 g/mol. The Labute approximate surface area is 104 Å². The highest BCUT2D eigenvalue weighted by Gasteiger charge is 2.12.